The number of hydrogen-bond donors (Lipinski definition) is 0. The van der Waals surface area contributed by atoms with Crippen molar-refractivity contribution >= 4 is 77.0 Å². The molecule has 0 bridgehead atoms. The summed E-state index contributed by atoms with van der Waals surface area (Å²) in [5.41, 5.74) is 14.0. The van der Waals surface area contributed by atoms with Crippen molar-refractivity contribution in [3.05, 3.63) is 154 Å². The molecule has 0 saturated carbocycles. The molecule has 0 aliphatic heterocycles. The molecule has 248 valence electrons. The van der Waals surface area contributed by atoms with E-state index in [0.29, 0.717) is 13.2 Å². The van der Waals surface area contributed by atoms with Crippen LogP contribution >= 0.6 is 36.4 Å². The molecule has 49 heavy (non-hydrogen) atoms. The van der Waals surface area contributed by atoms with Gasteiger partial charge in [-0.1, -0.05) is 0 Å². The topological polar surface area (TPSA) is 0 Å². The van der Waals surface area contributed by atoms with Gasteiger partial charge in [-0.2, -0.15) is 0 Å². The molecule has 0 saturated heterocycles. The van der Waals surface area contributed by atoms with Gasteiger partial charge in [0, 0.05) is 0 Å². The van der Waals surface area contributed by atoms with Crippen molar-refractivity contribution in [3.63, 3.8) is 0 Å². The van der Waals surface area contributed by atoms with Crippen LogP contribution in [-0.2, 0) is 17.4 Å². The van der Waals surface area contributed by atoms with Gasteiger partial charge >= 0.3 is 289 Å². The Morgan fingerprint density at radius 1 is 0.592 bits per heavy atom. The molecule has 0 heterocycles. The predicted molar refractivity (Wildman–Crippen MR) is 220 cm³/mol. The number of rotatable bonds is 5. The Morgan fingerprint density at radius 2 is 1.10 bits per heavy atom. The molecule has 5 heteroatoms. The summed E-state index contributed by atoms with van der Waals surface area (Å²) in [5.74, 6) is 0.452. The summed E-state index contributed by atoms with van der Waals surface area (Å²) in [5, 5.41) is 6.08. The smallest absolute Gasteiger partial charge is 0.147 e. The Balaban J connectivity index is 0.00000208. The van der Waals surface area contributed by atoms with Gasteiger partial charge in [-0.15, -0.1) is 24.8 Å². The van der Waals surface area contributed by atoms with E-state index in [0.717, 1.165) is 5.02 Å². The van der Waals surface area contributed by atoms with Crippen molar-refractivity contribution in [1.29, 1.82) is 0 Å². The minimum Gasteiger partial charge on any atom is -0.147 e. The fourth-order valence-corrected chi connectivity index (χ4v) is 30.3. The van der Waals surface area contributed by atoms with Crippen molar-refractivity contribution in [3.8, 4) is 22.3 Å². The maximum Gasteiger partial charge on any atom is -0.147 e. The molecule has 0 fully saturated rings. The van der Waals surface area contributed by atoms with E-state index in [1.807, 2.05) is 0 Å². The van der Waals surface area contributed by atoms with Crippen molar-refractivity contribution in [1.82, 2.24) is 0 Å². The summed E-state index contributed by atoms with van der Waals surface area (Å²) >= 11 is 3.48. The van der Waals surface area contributed by atoms with Crippen LogP contribution in [0.25, 0.3) is 56.0 Å². The minimum absolute atomic E-state index is 0. The zero-order valence-electron chi connectivity index (χ0n) is 28.8. The zero-order valence-corrected chi connectivity index (χ0v) is 35.0. The predicted octanol–water partition coefficient (Wildman–Crippen LogP) is 13.4. The van der Waals surface area contributed by atoms with Crippen molar-refractivity contribution < 1.29 is 17.4 Å². The summed E-state index contributed by atoms with van der Waals surface area (Å²) in [6, 6.07) is 42.5. The molecule has 8 rings (SSSR count). The Kier molecular flexibility index (Phi) is 9.66. The average molecular weight is 797 g/mol. The summed E-state index contributed by atoms with van der Waals surface area (Å²) in [6.07, 6.45) is 5.07. The first-order valence-corrected chi connectivity index (χ1v) is 31.0. The molecule has 0 nitrogen and oxygen atoms in total. The van der Waals surface area contributed by atoms with E-state index in [2.05, 4.69) is 164 Å². The fourth-order valence-electron chi connectivity index (χ4n) is 9.36. The molecule has 0 radical (unpaired) electrons. The van der Waals surface area contributed by atoms with E-state index in [1.54, 1.807) is 5.57 Å². The molecule has 2 aliphatic rings. The summed E-state index contributed by atoms with van der Waals surface area (Å²) in [4.78, 5) is 0. The van der Waals surface area contributed by atoms with Gasteiger partial charge < -0.3 is 0 Å². The standard InChI is InChI=1S/C22H19.C20H14Cl.2CH3.2ClH.H2Si.Zr/c1-15(2)18-13-17-9-6-12-21(22(17)14-18)20-11-5-8-16-7-3-4-10-19(16)20;1-13-11-18-17(9-10-20(21)19(18)12-13)16-8-4-6-14-5-2-3-7-15(14)16;;;;;;/h3-15H,1-2H3;2-12H,1H3;2*1H3;2*1H;1H2;. The monoisotopic (exact) mass is 794 g/mol. The van der Waals surface area contributed by atoms with Gasteiger partial charge in [0.25, 0.3) is 0 Å². The summed E-state index contributed by atoms with van der Waals surface area (Å²) in [6.45, 7) is 9.57. The Morgan fingerprint density at radius 3 is 1.69 bits per heavy atom. The van der Waals surface area contributed by atoms with Crippen LogP contribution in [0, 0.1) is 5.92 Å². The SMILES string of the molecule is CC1=Cc2c(-c3cccc4ccccc34)ccc(Cl)c2[CH]1[Zr]([CH3])([CH3])(=[SiH2])[CH]1C(C(C)C)=Cc2c(-c3cccc4ccccc34)cccc21.Cl.Cl. The molecule has 2 aliphatic carbocycles. The van der Waals surface area contributed by atoms with Crippen LogP contribution in [0.4, 0.5) is 0 Å². The second-order valence-electron chi connectivity index (χ2n) is 15.3. The van der Waals surface area contributed by atoms with Crippen LogP contribution in [0.5, 0.6) is 0 Å². The van der Waals surface area contributed by atoms with E-state index in [-0.39, 0.29) is 24.8 Å². The number of allylic oxidation sites excluding steroid dienone is 2. The molecule has 0 spiro atoms. The number of halogens is 3. The zero-order chi connectivity index (χ0) is 32.7. The van der Waals surface area contributed by atoms with Crippen molar-refractivity contribution in [2.24, 2.45) is 5.92 Å². The third-order valence-corrected chi connectivity index (χ3v) is 29.1. The summed E-state index contributed by atoms with van der Waals surface area (Å²) < 4.78 is 6.22. The van der Waals surface area contributed by atoms with Crippen molar-refractivity contribution in [2.75, 3.05) is 0 Å². The van der Waals surface area contributed by atoms with E-state index in [9.17, 15) is 0 Å². The first kappa shape index (κ1) is 36.1. The van der Waals surface area contributed by atoms with E-state index in [1.165, 1.54) is 71.6 Å². The van der Waals surface area contributed by atoms with E-state index >= 15 is 0 Å². The third-order valence-electron chi connectivity index (χ3n) is 11.2. The van der Waals surface area contributed by atoms with Gasteiger partial charge in [0.05, 0.1) is 0 Å². The number of fused-ring (bicyclic) bond motifs is 4. The normalized spacial score (nSPS) is 16.9. The van der Waals surface area contributed by atoms with Gasteiger partial charge in [0.15, 0.2) is 0 Å². The molecule has 0 aromatic heterocycles. The maximum absolute atomic E-state index is 7.33. The van der Waals surface area contributed by atoms with Crippen LogP contribution in [0.3, 0.4) is 0 Å². The van der Waals surface area contributed by atoms with Gasteiger partial charge in [0.2, 0.25) is 0 Å². The van der Waals surface area contributed by atoms with Gasteiger partial charge in [0.1, 0.15) is 0 Å². The quantitative estimate of drug-likeness (QED) is 0.152. The molecule has 6 aromatic carbocycles. The molecule has 6 aromatic rings. The molecule has 0 N–H and O–H groups in total. The Hall–Kier alpha value is -2.71. The molecule has 2 atom stereocenters. The molecule has 2 unspecified atom stereocenters. The van der Waals surface area contributed by atoms with E-state index < -0.39 is 17.4 Å². The first-order chi connectivity index (χ1) is 22.5. The van der Waals surface area contributed by atoms with Crippen LogP contribution in [0.15, 0.2) is 126 Å². The van der Waals surface area contributed by atoms with Crippen LogP contribution in [0.1, 0.15) is 50.3 Å². The first-order valence-electron chi connectivity index (χ1n) is 16.9. The number of benzene rings is 6. The van der Waals surface area contributed by atoms with Gasteiger partial charge in [-0.25, -0.2) is 0 Å². The van der Waals surface area contributed by atoms with Crippen LogP contribution in [-0.4, -0.2) is 6.88 Å². The molecule has 0 amide bonds. The van der Waals surface area contributed by atoms with Crippen LogP contribution in [0.2, 0.25) is 14.3 Å². The van der Waals surface area contributed by atoms with Gasteiger partial charge in [-0.3, -0.25) is 0 Å². The largest absolute Gasteiger partial charge is 0.147 e. The minimum atomic E-state index is -3.85. The number of hydrogen-bond acceptors (Lipinski definition) is 0. The van der Waals surface area contributed by atoms with Crippen molar-refractivity contribution in [2.45, 2.75) is 37.3 Å². The molecular weight excluding hydrogens is 754 g/mol. The Labute approximate surface area is 311 Å². The second-order valence-corrected chi connectivity index (χ2v) is 46.2. The fraction of sp³-hybridized carbons (Fsp3) is 0.182. The maximum atomic E-state index is 7.33. The molecular formula is C44H43Cl3SiZr. The van der Waals surface area contributed by atoms with E-state index in [4.69, 9.17) is 11.6 Å². The van der Waals surface area contributed by atoms with Gasteiger partial charge in [-0.05, 0) is 0 Å². The van der Waals surface area contributed by atoms with Crippen LogP contribution < -0.4 is 0 Å². The second kappa shape index (κ2) is 13.1. The third kappa shape index (κ3) is 5.68. The average Bonchev–Trinajstić information content (AvgIpc) is 3.65. The summed E-state index contributed by atoms with van der Waals surface area (Å²) in [7, 11) is 0. The Bertz CT molecular complexity index is 2400.